The van der Waals surface area contributed by atoms with Crippen LogP contribution in [0.2, 0.25) is 0 Å². The molecule has 1 aromatic carbocycles. The van der Waals surface area contributed by atoms with E-state index in [9.17, 15) is 9.59 Å². The molecule has 1 atom stereocenters. The van der Waals surface area contributed by atoms with Gasteiger partial charge in [-0.25, -0.2) is 4.79 Å². The fourth-order valence-electron chi connectivity index (χ4n) is 3.37. The van der Waals surface area contributed by atoms with Crippen molar-refractivity contribution < 1.29 is 19.1 Å². The molecule has 0 aromatic heterocycles. The molecule has 25 heavy (non-hydrogen) atoms. The first-order chi connectivity index (χ1) is 12.1. The number of hydrogen-bond donors (Lipinski definition) is 2. The van der Waals surface area contributed by atoms with Crippen LogP contribution < -0.4 is 20.1 Å². The number of urea groups is 1. The lowest BCUT2D eigenvalue weighted by Crippen LogP contribution is -2.51. The number of rotatable bonds is 3. The summed E-state index contributed by atoms with van der Waals surface area (Å²) in [5.41, 5.74) is 2.21. The molecule has 2 N–H and O–H groups in total. The van der Waals surface area contributed by atoms with Gasteiger partial charge in [-0.3, -0.25) is 4.79 Å². The van der Waals surface area contributed by atoms with Crippen molar-refractivity contribution in [1.82, 2.24) is 15.5 Å². The standard InChI is InChI=1S/C18H25N3O4/c1-24-15-9-12-6-8-21(11-13(12)10-16(15)25-2)18(23)20-14-5-3-4-7-19-17(14)22/h9-10,14H,3-8,11H2,1-2H3,(H,19,22)(H,20,23). The maximum atomic E-state index is 12.6. The number of nitrogens with zero attached hydrogens (tertiary/aromatic N) is 1. The van der Waals surface area contributed by atoms with E-state index >= 15 is 0 Å². The third kappa shape index (κ3) is 3.81. The highest BCUT2D eigenvalue weighted by Gasteiger charge is 2.27. The molecule has 0 bridgehead atoms. The smallest absolute Gasteiger partial charge is 0.318 e. The number of carbonyl (C=O) groups is 2. The molecule has 3 rings (SSSR count). The molecule has 2 aliphatic heterocycles. The Hall–Kier alpha value is -2.44. The van der Waals surface area contributed by atoms with Crippen molar-refractivity contribution in [1.29, 1.82) is 0 Å². The third-order valence-electron chi connectivity index (χ3n) is 4.84. The topological polar surface area (TPSA) is 79.9 Å². The number of nitrogens with one attached hydrogen (secondary N) is 2. The molecule has 1 saturated heterocycles. The van der Waals surface area contributed by atoms with Gasteiger partial charge in [-0.2, -0.15) is 0 Å². The Morgan fingerprint density at radius 1 is 1.20 bits per heavy atom. The zero-order valence-electron chi connectivity index (χ0n) is 14.8. The highest BCUT2D eigenvalue weighted by molar-refractivity contribution is 5.87. The maximum Gasteiger partial charge on any atom is 0.318 e. The summed E-state index contributed by atoms with van der Waals surface area (Å²) in [6, 6.07) is 3.26. The maximum absolute atomic E-state index is 12.6. The van der Waals surface area contributed by atoms with E-state index in [-0.39, 0.29) is 11.9 Å². The Labute approximate surface area is 147 Å². The molecule has 1 aromatic rings. The molecule has 1 fully saturated rings. The molecule has 0 aliphatic carbocycles. The van der Waals surface area contributed by atoms with Crippen LogP contribution in [0.4, 0.5) is 4.79 Å². The van der Waals surface area contributed by atoms with E-state index in [1.807, 2.05) is 12.1 Å². The zero-order chi connectivity index (χ0) is 17.8. The van der Waals surface area contributed by atoms with E-state index in [1.54, 1.807) is 19.1 Å². The molecule has 2 aliphatic rings. The normalized spacial score (nSPS) is 20.2. The summed E-state index contributed by atoms with van der Waals surface area (Å²) >= 11 is 0. The first-order valence-corrected chi connectivity index (χ1v) is 8.69. The predicted octanol–water partition coefficient (Wildman–Crippen LogP) is 1.44. The van der Waals surface area contributed by atoms with Gasteiger partial charge in [0.1, 0.15) is 6.04 Å². The first-order valence-electron chi connectivity index (χ1n) is 8.69. The highest BCUT2D eigenvalue weighted by Crippen LogP contribution is 2.33. The summed E-state index contributed by atoms with van der Waals surface area (Å²) in [5.74, 6) is 1.27. The van der Waals surface area contributed by atoms with Gasteiger partial charge in [0.05, 0.1) is 14.2 Å². The zero-order valence-corrected chi connectivity index (χ0v) is 14.8. The number of hydrogen-bond acceptors (Lipinski definition) is 4. The van der Waals surface area contributed by atoms with Gasteiger partial charge >= 0.3 is 6.03 Å². The van der Waals surface area contributed by atoms with Crippen molar-refractivity contribution in [3.8, 4) is 11.5 Å². The van der Waals surface area contributed by atoms with Crippen LogP contribution in [-0.4, -0.2) is 50.2 Å². The molecule has 2 heterocycles. The van der Waals surface area contributed by atoms with Gasteiger partial charge in [-0.1, -0.05) is 0 Å². The third-order valence-corrected chi connectivity index (χ3v) is 4.84. The van der Waals surface area contributed by atoms with Crippen molar-refractivity contribution in [3.05, 3.63) is 23.3 Å². The lowest BCUT2D eigenvalue weighted by molar-refractivity contribution is -0.122. The summed E-state index contributed by atoms with van der Waals surface area (Å²) in [5, 5.41) is 5.72. The minimum Gasteiger partial charge on any atom is -0.493 e. The van der Waals surface area contributed by atoms with Crippen LogP contribution >= 0.6 is 0 Å². The quantitative estimate of drug-likeness (QED) is 0.867. The summed E-state index contributed by atoms with van der Waals surface area (Å²) in [7, 11) is 3.22. The highest BCUT2D eigenvalue weighted by atomic mass is 16.5. The van der Waals surface area contributed by atoms with Gasteiger partial charge in [0.2, 0.25) is 5.91 Å². The van der Waals surface area contributed by atoms with Gasteiger partial charge in [-0.15, -0.1) is 0 Å². The van der Waals surface area contributed by atoms with Crippen LogP contribution in [0, 0.1) is 0 Å². The van der Waals surface area contributed by atoms with Crippen LogP contribution in [0.1, 0.15) is 30.4 Å². The molecule has 1 unspecified atom stereocenters. The fourth-order valence-corrected chi connectivity index (χ4v) is 3.37. The van der Waals surface area contributed by atoms with Crippen LogP contribution in [0.25, 0.3) is 0 Å². The van der Waals surface area contributed by atoms with E-state index in [2.05, 4.69) is 10.6 Å². The van der Waals surface area contributed by atoms with Crippen molar-refractivity contribution in [2.45, 2.75) is 38.3 Å². The average molecular weight is 347 g/mol. The molecule has 0 saturated carbocycles. The largest absolute Gasteiger partial charge is 0.493 e. The van der Waals surface area contributed by atoms with Gasteiger partial charge in [0.15, 0.2) is 11.5 Å². The average Bonchev–Trinajstić information content (AvgIpc) is 2.84. The van der Waals surface area contributed by atoms with E-state index in [4.69, 9.17) is 9.47 Å². The second-order valence-corrected chi connectivity index (χ2v) is 6.44. The van der Waals surface area contributed by atoms with Crippen molar-refractivity contribution in [2.75, 3.05) is 27.3 Å². The lowest BCUT2D eigenvalue weighted by Gasteiger charge is -2.31. The monoisotopic (exact) mass is 347 g/mol. The van der Waals surface area contributed by atoms with E-state index < -0.39 is 6.04 Å². The van der Waals surface area contributed by atoms with Gasteiger partial charge in [-0.05, 0) is 48.9 Å². The molecular formula is C18H25N3O4. The Balaban J connectivity index is 1.69. The predicted molar refractivity (Wildman–Crippen MR) is 92.8 cm³/mol. The molecule has 7 nitrogen and oxygen atoms in total. The van der Waals surface area contributed by atoms with Crippen LogP contribution in [0.5, 0.6) is 11.5 Å². The van der Waals surface area contributed by atoms with E-state index in [0.717, 1.165) is 30.4 Å². The Bertz CT molecular complexity index is 662. The summed E-state index contributed by atoms with van der Waals surface area (Å²) in [6.07, 6.45) is 3.33. The molecule has 136 valence electrons. The van der Waals surface area contributed by atoms with Gasteiger partial charge in [0.25, 0.3) is 0 Å². The molecule has 0 spiro atoms. The van der Waals surface area contributed by atoms with Gasteiger partial charge < -0.3 is 25.0 Å². The number of methoxy groups -OCH3 is 2. The second-order valence-electron chi connectivity index (χ2n) is 6.44. The first kappa shape index (κ1) is 17.4. The number of amides is 3. The Morgan fingerprint density at radius 2 is 1.92 bits per heavy atom. The Kier molecular flexibility index (Phi) is 5.31. The minimum atomic E-state index is -0.443. The summed E-state index contributed by atoms with van der Waals surface area (Å²) in [4.78, 5) is 26.3. The second kappa shape index (κ2) is 7.63. The summed E-state index contributed by atoms with van der Waals surface area (Å²) in [6.45, 7) is 1.79. The molecular weight excluding hydrogens is 322 g/mol. The molecule has 3 amide bonds. The van der Waals surface area contributed by atoms with Crippen molar-refractivity contribution in [2.24, 2.45) is 0 Å². The van der Waals surface area contributed by atoms with Crippen LogP contribution in [0.15, 0.2) is 12.1 Å². The van der Waals surface area contributed by atoms with Crippen molar-refractivity contribution >= 4 is 11.9 Å². The number of ether oxygens (including phenoxy) is 2. The fraction of sp³-hybridized carbons (Fsp3) is 0.556. The van der Waals surface area contributed by atoms with Crippen LogP contribution in [-0.2, 0) is 17.8 Å². The van der Waals surface area contributed by atoms with Crippen LogP contribution in [0.3, 0.4) is 0 Å². The lowest BCUT2D eigenvalue weighted by atomic mass is 9.99. The minimum absolute atomic E-state index is 0.0883. The van der Waals surface area contributed by atoms with E-state index in [1.165, 1.54) is 0 Å². The number of fused-ring (bicyclic) bond motifs is 1. The number of carbonyl (C=O) groups excluding carboxylic acids is 2. The molecule has 7 heteroatoms. The molecule has 0 radical (unpaired) electrons. The summed E-state index contributed by atoms with van der Waals surface area (Å²) < 4.78 is 10.7. The number of benzene rings is 1. The van der Waals surface area contributed by atoms with E-state index in [0.29, 0.717) is 37.6 Å². The van der Waals surface area contributed by atoms with Crippen molar-refractivity contribution in [3.63, 3.8) is 0 Å². The van der Waals surface area contributed by atoms with Gasteiger partial charge in [0, 0.05) is 19.6 Å². The SMILES string of the molecule is COc1cc2c(cc1OC)CN(C(=O)NC1CCCCNC1=O)CC2. The Morgan fingerprint density at radius 3 is 2.64 bits per heavy atom.